The van der Waals surface area contributed by atoms with Crippen molar-refractivity contribution < 1.29 is 0 Å². The van der Waals surface area contributed by atoms with Crippen molar-refractivity contribution in [2.45, 2.75) is 59.0 Å². The van der Waals surface area contributed by atoms with E-state index in [2.05, 4.69) is 68.9 Å². The van der Waals surface area contributed by atoms with Gasteiger partial charge in [0.1, 0.15) is 0 Å². The first-order valence-corrected chi connectivity index (χ1v) is 8.30. The molecule has 1 aliphatic heterocycles. The van der Waals surface area contributed by atoms with Crippen LogP contribution in [0.3, 0.4) is 0 Å². The van der Waals surface area contributed by atoms with Crippen LogP contribution in [0.5, 0.6) is 0 Å². The second-order valence-corrected chi connectivity index (χ2v) is 7.57. The lowest BCUT2D eigenvalue weighted by molar-refractivity contribution is 0.494. The molecule has 0 saturated carbocycles. The number of nitrogens with zero attached hydrogens (tertiary/aromatic N) is 2. The Hall–Kier alpha value is -1.61. The molecule has 3 rings (SSSR count). The first-order valence-electron chi connectivity index (χ1n) is 8.30. The first-order chi connectivity index (χ1) is 10.4. The van der Waals surface area contributed by atoms with E-state index < -0.39 is 0 Å². The largest absolute Gasteiger partial charge is 0.312 e. The van der Waals surface area contributed by atoms with Gasteiger partial charge in [-0.3, -0.25) is 4.68 Å². The number of nitrogens with one attached hydrogen (secondary N) is 1. The van der Waals surface area contributed by atoms with Crippen LogP contribution in [0.1, 0.15) is 57.5 Å². The third-order valence-corrected chi connectivity index (χ3v) is 4.47. The van der Waals surface area contributed by atoms with E-state index in [-0.39, 0.29) is 5.41 Å². The second kappa shape index (κ2) is 5.54. The lowest BCUT2D eigenvalue weighted by Crippen LogP contribution is -2.25. The molecule has 0 bridgehead atoms. The zero-order chi connectivity index (χ0) is 15.9. The Labute approximate surface area is 133 Å². The van der Waals surface area contributed by atoms with E-state index in [9.17, 15) is 0 Å². The lowest BCUT2D eigenvalue weighted by Gasteiger charge is -2.19. The molecule has 0 spiro atoms. The highest BCUT2D eigenvalue weighted by atomic mass is 15.3. The summed E-state index contributed by atoms with van der Waals surface area (Å²) in [7, 11) is 0. The number of hydrogen-bond acceptors (Lipinski definition) is 2. The summed E-state index contributed by atoms with van der Waals surface area (Å²) < 4.78 is 2.21. The van der Waals surface area contributed by atoms with Gasteiger partial charge in [-0.05, 0) is 24.8 Å². The number of aromatic nitrogens is 2. The molecule has 0 fully saturated rings. The average Bonchev–Trinajstić information content (AvgIpc) is 2.86. The van der Waals surface area contributed by atoms with E-state index in [0.717, 1.165) is 25.2 Å². The number of benzene rings is 1. The van der Waals surface area contributed by atoms with Crippen LogP contribution in [0.4, 0.5) is 0 Å². The molecule has 1 N–H and O–H groups in total. The van der Waals surface area contributed by atoms with E-state index >= 15 is 0 Å². The zero-order valence-electron chi connectivity index (χ0n) is 14.4. The standard InChI is InChI=1S/C19H27N3/c1-13(2)22-17-10-11-20-12-16(17)18(21-22)14-6-8-15(9-7-14)19(3,4)5/h6-9,13,20H,10-12H2,1-5H3. The normalized spacial score (nSPS) is 15.2. The molecular formula is C19H27N3. The molecule has 3 nitrogen and oxygen atoms in total. The second-order valence-electron chi connectivity index (χ2n) is 7.57. The quantitative estimate of drug-likeness (QED) is 0.905. The minimum absolute atomic E-state index is 0.191. The molecule has 2 aromatic rings. The molecule has 0 unspecified atom stereocenters. The number of hydrogen-bond donors (Lipinski definition) is 1. The summed E-state index contributed by atoms with van der Waals surface area (Å²) >= 11 is 0. The Morgan fingerprint density at radius 2 is 1.82 bits per heavy atom. The molecule has 1 aromatic heterocycles. The third-order valence-electron chi connectivity index (χ3n) is 4.47. The van der Waals surface area contributed by atoms with Crippen molar-refractivity contribution in [3.05, 3.63) is 41.1 Å². The maximum atomic E-state index is 4.93. The molecule has 0 saturated heterocycles. The van der Waals surface area contributed by atoms with Gasteiger partial charge in [-0.2, -0.15) is 5.10 Å². The zero-order valence-corrected chi connectivity index (χ0v) is 14.4. The van der Waals surface area contributed by atoms with Crippen LogP contribution in [-0.2, 0) is 18.4 Å². The van der Waals surface area contributed by atoms with Gasteiger partial charge in [0.25, 0.3) is 0 Å². The Kier molecular flexibility index (Phi) is 3.85. The fourth-order valence-electron chi connectivity index (χ4n) is 3.16. The molecular weight excluding hydrogens is 270 g/mol. The predicted octanol–water partition coefficient (Wildman–Crippen LogP) is 4.07. The van der Waals surface area contributed by atoms with Gasteiger partial charge in [-0.25, -0.2) is 0 Å². The number of rotatable bonds is 2. The van der Waals surface area contributed by atoms with E-state index in [0.29, 0.717) is 6.04 Å². The van der Waals surface area contributed by atoms with Crippen LogP contribution < -0.4 is 5.32 Å². The van der Waals surface area contributed by atoms with Crippen molar-refractivity contribution in [3.63, 3.8) is 0 Å². The van der Waals surface area contributed by atoms with Crippen molar-refractivity contribution >= 4 is 0 Å². The van der Waals surface area contributed by atoms with E-state index in [1.165, 1.54) is 22.4 Å². The fraction of sp³-hybridized carbons (Fsp3) is 0.526. The predicted molar refractivity (Wildman–Crippen MR) is 92.2 cm³/mol. The molecule has 3 heteroatoms. The van der Waals surface area contributed by atoms with E-state index in [1.54, 1.807) is 0 Å². The van der Waals surface area contributed by atoms with Crippen LogP contribution in [0.15, 0.2) is 24.3 Å². The Balaban J connectivity index is 2.05. The van der Waals surface area contributed by atoms with Gasteiger partial charge in [-0.15, -0.1) is 0 Å². The summed E-state index contributed by atoms with van der Waals surface area (Å²) in [5.41, 5.74) is 6.72. The minimum atomic E-state index is 0.191. The van der Waals surface area contributed by atoms with Crippen molar-refractivity contribution in [1.82, 2.24) is 15.1 Å². The molecule has 0 radical (unpaired) electrons. The van der Waals surface area contributed by atoms with Crippen LogP contribution in [0, 0.1) is 0 Å². The molecule has 118 valence electrons. The van der Waals surface area contributed by atoms with E-state index in [1.807, 2.05) is 0 Å². The van der Waals surface area contributed by atoms with E-state index in [4.69, 9.17) is 5.10 Å². The van der Waals surface area contributed by atoms with Crippen LogP contribution in [0.2, 0.25) is 0 Å². The molecule has 22 heavy (non-hydrogen) atoms. The molecule has 1 aliphatic rings. The van der Waals surface area contributed by atoms with Gasteiger partial charge < -0.3 is 5.32 Å². The summed E-state index contributed by atoms with van der Waals surface area (Å²) in [6.45, 7) is 13.2. The van der Waals surface area contributed by atoms with Gasteiger partial charge >= 0.3 is 0 Å². The highest BCUT2D eigenvalue weighted by molar-refractivity contribution is 5.65. The van der Waals surface area contributed by atoms with Crippen molar-refractivity contribution in [2.24, 2.45) is 0 Å². The summed E-state index contributed by atoms with van der Waals surface area (Å²) in [5.74, 6) is 0. The van der Waals surface area contributed by atoms with Crippen molar-refractivity contribution in [1.29, 1.82) is 0 Å². The highest BCUT2D eigenvalue weighted by Gasteiger charge is 2.23. The topological polar surface area (TPSA) is 29.9 Å². The highest BCUT2D eigenvalue weighted by Crippen LogP contribution is 2.31. The van der Waals surface area contributed by atoms with Gasteiger partial charge in [-0.1, -0.05) is 45.0 Å². The third kappa shape index (κ3) is 2.70. The molecule has 0 aliphatic carbocycles. The smallest absolute Gasteiger partial charge is 0.0971 e. The van der Waals surface area contributed by atoms with Crippen LogP contribution in [0.25, 0.3) is 11.3 Å². The summed E-state index contributed by atoms with van der Waals surface area (Å²) in [6.07, 6.45) is 1.07. The lowest BCUT2D eigenvalue weighted by atomic mass is 9.86. The summed E-state index contributed by atoms with van der Waals surface area (Å²) in [4.78, 5) is 0. The molecule has 1 aromatic carbocycles. The Morgan fingerprint density at radius 3 is 2.41 bits per heavy atom. The van der Waals surface area contributed by atoms with Gasteiger partial charge in [0.2, 0.25) is 0 Å². The van der Waals surface area contributed by atoms with Crippen molar-refractivity contribution in [2.75, 3.05) is 6.54 Å². The maximum absolute atomic E-state index is 4.93. The average molecular weight is 297 g/mol. The maximum Gasteiger partial charge on any atom is 0.0971 e. The Morgan fingerprint density at radius 1 is 1.14 bits per heavy atom. The summed E-state index contributed by atoms with van der Waals surface area (Å²) in [6, 6.07) is 9.35. The monoisotopic (exact) mass is 297 g/mol. The van der Waals surface area contributed by atoms with Gasteiger partial charge in [0.05, 0.1) is 5.69 Å². The van der Waals surface area contributed by atoms with Gasteiger partial charge in [0, 0.05) is 42.4 Å². The minimum Gasteiger partial charge on any atom is -0.312 e. The molecule has 0 atom stereocenters. The summed E-state index contributed by atoms with van der Waals surface area (Å²) in [5, 5.41) is 8.42. The molecule has 0 amide bonds. The Bertz CT molecular complexity index is 657. The van der Waals surface area contributed by atoms with Crippen LogP contribution >= 0.6 is 0 Å². The van der Waals surface area contributed by atoms with Gasteiger partial charge in [0.15, 0.2) is 0 Å². The van der Waals surface area contributed by atoms with Crippen molar-refractivity contribution in [3.8, 4) is 11.3 Å². The molecule has 2 heterocycles. The number of fused-ring (bicyclic) bond motifs is 1. The van der Waals surface area contributed by atoms with Crippen LogP contribution in [-0.4, -0.2) is 16.3 Å². The first kappa shape index (κ1) is 15.3. The fourth-order valence-corrected chi connectivity index (χ4v) is 3.16. The SMILES string of the molecule is CC(C)n1nc(-c2ccc(C(C)(C)C)cc2)c2c1CCNC2.